The van der Waals surface area contributed by atoms with E-state index in [1.165, 1.54) is 0 Å². The molecular formula is C23H19N3O2. The van der Waals surface area contributed by atoms with E-state index in [-0.39, 0.29) is 5.78 Å². The van der Waals surface area contributed by atoms with Crippen molar-refractivity contribution in [1.29, 1.82) is 0 Å². The van der Waals surface area contributed by atoms with Crippen LogP contribution in [0.4, 0.5) is 0 Å². The monoisotopic (exact) mass is 369 g/mol. The summed E-state index contributed by atoms with van der Waals surface area (Å²) >= 11 is 0. The summed E-state index contributed by atoms with van der Waals surface area (Å²) in [7, 11) is 1.60. The number of hydrogen-bond acceptors (Lipinski definition) is 5. The normalized spacial score (nSPS) is 10.8. The second kappa shape index (κ2) is 7.19. The number of fused-ring (bicyclic) bond motifs is 1. The third kappa shape index (κ3) is 3.22. The molecule has 0 atom stereocenters. The highest BCUT2D eigenvalue weighted by Gasteiger charge is 2.12. The van der Waals surface area contributed by atoms with Crippen molar-refractivity contribution in [1.82, 2.24) is 15.0 Å². The van der Waals surface area contributed by atoms with Crippen molar-refractivity contribution in [2.24, 2.45) is 0 Å². The Hall–Kier alpha value is -3.60. The van der Waals surface area contributed by atoms with Crippen molar-refractivity contribution >= 4 is 16.7 Å². The van der Waals surface area contributed by atoms with Crippen LogP contribution in [0.5, 0.6) is 5.88 Å². The zero-order chi connectivity index (χ0) is 19.7. The molecule has 0 aliphatic rings. The van der Waals surface area contributed by atoms with Crippen LogP contribution in [-0.2, 0) is 0 Å². The number of hydrogen-bond donors (Lipinski definition) is 0. The fraction of sp³-hybridized carbons (Fsp3) is 0.130. The predicted octanol–water partition coefficient (Wildman–Crippen LogP) is 4.88. The van der Waals surface area contributed by atoms with Gasteiger partial charge in [-0.15, -0.1) is 0 Å². The summed E-state index contributed by atoms with van der Waals surface area (Å²) in [6.07, 6.45) is 3.34. The average Bonchev–Trinajstić information content (AvgIpc) is 2.73. The van der Waals surface area contributed by atoms with Crippen LogP contribution in [0.25, 0.3) is 33.3 Å². The average molecular weight is 369 g/mol. The Kier molecular flexibility index (Phi) is 4.57. The van der Waals surface area contributed by atoms with E-state index >= 15 is 0 Å². The minimum Gasteiger partial charge on any atom is -0.481 e. The third-order valence-electron chi connectivity index (χ3n) is 4.80. The van der Waals surface area contributed by atoms with Crippen molar-refractivity contribution in [3.8, 4) is 28.3 Å². The largest absolute Gasteiger partial charge is 0.481 e. The Morgan fingerprint density at radius 2 is 1.68 bits per heavy atom. The lowest BCUT2D eigenvalue weighted by Gasteiger charge is -2.10. The number of methoxy groups -OCH3 is 1. The molecule has 0 bridgehead atoms. The van der Waals surface area contributed by atoms with Gasteiger partial charge < -0.3 is 4.74 Å². The molecule has 4 aromatic rings. The van der Waals surface area contributed by atoms with Gasteiger partial charge in [-0.2, -0.15) is 0 Å². The van der Waals surface area contributed by atoms with Crippen LogP contribution in [0, 0.1) is 6.92 Å². The van der Waals surface area contributed by atoms with Gasteiger partial charge in [-0.25, -0.2) is 15.0 Å². The Labute approximate surface area is 163 Å². The molecule has 0 saturated carbocycles. The van der Waals surface area contributed by atoms with Crippen LogP contribution >= 0.6 is 0 Å². The molecule has 2 aromatic carbocycles. The number of carbonyl (C=O) groups is 1. The third-order valence-corrected chi connectivity index (χ3v) is 4.80. The van der Waals surface area contributed by atoms with Crippen molar-refractivity contribution in [3.63, 3.8) is 0 Å². The summed E-state index contributed by atoms with van der Waals surface area (Å²) in [6.45, 7) is 3.52. The van der Waals surface area contributed by atoms with Crippen molar-refractivity contribution < 1.29 is 9.53 Å². The molecular weight excluding hydrogens is 350 g/mol. The van der Waals surface area contributed by atoms with Gasteiger partial charge in [0.1, 0.15) is 6.33 Å². The van der Waals surface area contributed by atoms with Gasteiger partial charge in [0.05, 0.1) is 18.3 Å². The number of ether oxygens (including phenoxy) is 1. The smallest absolute Gasteiger partial charge is 0.212 e. The number of Topliss-reactive ketones (excluding diaryl/α,β-unsaturated/α-hetero) is 1. The molecule has 0 amide bonds. The molecule has 0 N–H and O–H groups in total. The van der Waals surface area contributed by atoms with E-state index in [4.69, 9.17) is 4.74 Å². The summed E-state index contributed by atoms with van der Waals surface area (Å²) in [4.78, 5) is 25.1. The van der Waals surface area contributed by atoms with Crippen LogP contribution in [0.3, 0.4) is 0 Å². The van der Waals surface area contributed by atoms with Crippen molar-refractivity contribution in [2.75, 3.05) is 7.11 Å². The Balaban J connectivity index is 1.87. The van der Waals surface area contributed by atoms with Crippen LogP contribution in [-0.4, -0.2) is 27.8 Å². The van der Waals surface area contributed by atoms with Gasteiger partial charge in [0.2, 0.25) is 5.88 Å². The van der Waals surface area contributed by atoms with E-state index in [9.17, 15) is 4.79 Å². The molecule has 0 spiro atoms. The molecule has 0 saturated heterocycles. The summed E-state index contributed by atoms with van der Waals surface area (Å²) in [5.41, 5.74) is 6.20. The first-order valence-corrected chi connectivity index (χ1v) is 8.94. The SMILES string of the molecule is COc1ccc(-c2ccc3ncnc(-c4ccc(C)c(C(C)=O)c4)c3c2)cn1. The standard InChI is InChI=1S/C23H19N3O2/c1-14-4-5-17(11-19(14)15(2)27)23-20-10-16(6-8-21(20)25-13-26-23)18-7-9-22(28-3)24-12-18/h4-13H,1-3H3. The van der Waals surface area contributed by atoms with Crippen LogP contribution in [0.2, 0.25) is 0 Å². The first-order valence-electron chi connectivity index (χ1n) is 8.94. The van der Waals surface area contributed by atoms with Crippen LogP contribution in [0.15, 0.2) is 61.1 Å². The number of rotatable bonds is 4. The van der Waals surface area contributed by atoms with Gasteiger partial charge in [-0.1, -0.05) is 18.2 Å². The van der Waals surface area contributed by atoms with E-state index < -0.39 is 0 Å². The second-order valence-electron chi connectivity index (χ2n) is 6.63. The lowest BCUT2D eigenvalue weighted by atomic mass is 9.97. The number of aromatic nitrogens is 3. The highest BCUT2D eigenvalue weighted by Crippen LogP contribution is 2.31. The minimum atomic E-state index is 0.0442. The highest BCUT2D eigenvalue weighted by molar-refractivity contribution is 5.99. The Morgan fingerprint density at radius 1 is 0.893 bits per heavy atom. The summed E-state index contributed by atoms with van der Waals surface area (Å²) in [5.74, 6) is 0.618. The molecule has 4 rings (SSSR count). The maximum absolute atomic E-state index is 12.0. The topological polar surface area (TPSA) is 65.0 Å². The number of benzene rings is 2. The number of aryl methyl sites for hydroxylation is 1. The van der Waals surface area contributed by atoms with Gasteiger partial charge in [-0.05, 0) is 49.2 Å². The summed E-state index contributed by atoms with van der Waals surface area (Å²) in [5, 5.41) is 0.925. The van der Waals surface area contributed by atoms with Crippen molar-refractivity contribution in [3.05, 3.63) is 72.2 Å². The zero-order valence-corrected chi connectivity index (χ0v) is 15.9. The van der Waals surface area contributed by atoms with Gasteiger partial charge in [0.15, 0.2) is 5.78 Å². The Morgan fingerprint density at radius 3 is 2.39 bits per heavy atom. The fourth-order valence-corrected chi connectivity index (χ4v) is 3.29. The maximum atomic E-state index is 12.0. The lowest BCUT2D eigenvalue weighted by molar-refractivity contribution is 0.101. The molecule has 5 heteroatoms. The van der Waals surface area contributed by atoms with E-state index in [1.54, 1.807) is 26.6 Å². The summed E-state index contributed by atoms with van der Waals surface area (Å²) in [6, 6.07) is 15.7. The highest BCUT2D eigenvalue weighted by atomic mass is 16.5. The first kappa shape index (κ1) is 17.8. The minimum absolute atomic E-state index is 0.0442. The van der Waals surface area contributed by atoms with Crippen LogP contribution < -0.4 is 4.74 Å². The Bertz CT molecular complexity index is 1180. The molecule has 0 aliphatic carbocycles. The van der Waals surface area contributed by atoms with Gasteiger partial charge in [0, 0.05) is 34.3 Å². The molecule has 138 valence electrons. The van der Waals surface area contributed by atoms with E-state index in [0.717, 1.165) is 38.9 Å². The van der Waals surface area contributed by atoms with Crippen molar-refractivity contribution in [2.45, 2.75) is 13.8 Å². The second-order valence-corrected chi connectivity index (χ2v) is 6.63. The number of carbonyl (C=O) groups excluding carboxylic acids is 1. The maximum Gasteiger partial charge on any atom is 0.212 e. The fourth-order valence-electron chi connectivity index (χ4n) is 3.29. The molecule has 5 nitrogen and oxygen atoms in total. The number of nitrogens with zero attached hydrogens (tertiary/aromatic N) is 3. The molecule has 0 radical (unpaired) electrons. The summed E-state index contributed by atoms with van der Waals surface area (Å²) < 4.78 is 5.13. The molecule has 28 heavy (non-hydrogen) atoms. The number of pyridine rings is 1. The zero-order valence-electron chi connectivity index (χ0n) is 15.9. The van der Waals surface area contributed by atoms with E-state index in [0.29, 0.717) is 11.4 Å². The quantitative estimate of drug-likeness (QED) is 0.480. The van der Waals surface area contributed by atoms with Crippen LogP contribution in [0.1, 0.15) is 22.8 Å². The molecule has 0 unspecified atom stereocenters. The van der Waals surface area contributed by atoms with Gasteiger partial charge in [0.25, 0.3) is 0 Å². The van der Waals surface area contributed by atoms with Gasteiger partial charge in [-0.3, -0.25) is 4.79 Å². The first-order chi connectivity index (χ1) is 13.6. The van der Waals surface area contributed by atoms with Gasteiger partial charge >= 0.3 is 0 Å². The number of ketones is 1. The molecule has 2 heterocycles. The van der Waals surface area contributed by atoms with E-state index in [1.807, 2.05) is 49.4 Å². The molecule has 0 fully saturated rings. The van der Waals surface area contributed by atoms with E-state index in [2.05, 4.69) is 21.0 Å². The molecule has 2 aromatic heterocycles. The predicted molar refractivity (Wildman–Crippen MR) is 109 cm³/mol. The molecule has 0 aliphatic heterocycles. The lowest BCUT2D eigenvalue weighted by Crippen LogP contribution is -1.97.